The first-order chi connectivity index (χ1) is 14.2. The Bertz CT molecular complexity index is 828. The maximum absolute atomic E-state index is 12.9. The number of hydrogen-bond acceptors (Lipinski definition) is 2. The van der Waals surface area contributed by atoms with E-state index in [4.69, 9.17) is 0 Å². The lowest BCUT2D eigenvalue weighted by Gasteiger charge is -2.32. The van der Waals surface area contributed by atoms with Crippen LogP contribution in [-0.4, -0.2) is 36.3 Å². The van der Waals surface area contributed by atoms with Crippen LogP contribution in [0.25, 0.3) is 0 Å². The summed E-state index contributed by atoms with van der Waals surface area (Å²) in [6.45, 7) is 4.26. The molecule has 0 radical (unpaired) electrons. The molecule has 152 valence electrons. The lowest BCUT2D eigenvalue weighted by atomic mass is 9.90. The molecule has 0 N–H and O–H groups in total. The van der Waals surface area contributed by atoms with Gasteiger partial charge < -0.3 is 9.80 Å². The molecular formula is C25H30N2O2. The van der Waals surface area contributed by atoms with Crippen molar-refractivity contribution < 1.29 is 9.59 Å². The molecule has 4 heteroatoms. The van der Waals surface area contributed by atoms with E-state index in [1.165, 1.54) is 5.56 Å². The molecule has 0 aromatic heterocycles. The van der Waals surface area contributed by atoms with Gasteiger partial charge in [-0.05, 0) is 56.2 Å². The number of amides is 2. The van der Waals surface area contributed by atoms with Gasteiger partial charge >= 0.3 is 0 Å². The second-order valence-corrected chi connectivity index (χ2v) is 8.33. The molecule has 2 aromatic rings. The fourth-order valence-electron chi connectivity index (χ4n) is 4.55. The van der Waals surface area contributed by atoms with E-state index in [0.29, 0.717) is 18.9 Å². The van der Waals surface area contributed by atoms with Gasteiger partial charge in [0.15, 0.2) is 0 Å². The first-order valence-electron chi connectivity index (χ1n) is 10.9. The smallest absolute Gasteiger partial charge is 0.230 e. The molecule has 1 saturated carbocycles. The molecule has 4 rings (SSSR count). The van der Waals surface area contributed by atoms with E-state index in [0.717, 1.165) is 38.0 Å². The Morgan fingerprint density at radius 3 is 2.17 bits per heavy atom. The number of benzene rings is 2. The van der Waals surface area contributed by atoms with Gasteiger partial charge in [0.25, 0.3) is 0 Å². The number of anilines is 1. The number of nitrogens with zero attached hydrogens (tertiary/aromatic N) is 2. The lowest BCUT2D eigenvalue weighted by Crippen LogP contribution is -2.41. The van der Waals surface area contributed by atoms with E-state index in [-0.39, 0.29) is 23.7 Å². The van der Waals surface area contributed by atoms with Crippen LogP contribution in [0.3, 0.4) is 0 Å². The summed E-state index contributed by atoms with van der Waals surface area (Å²) in [5.74, 6) is 0.656. The van der Waals surface area contributed by atoms with Crippen LogP contribution in [0, 0.1) is 17.8 Å². The summed E-state index contributed by atoms with van der Waals surface area (Å²) in [7, 11) is 0. The lowest BCUT2D eigenvalue weighted by molar-refractivity contribution is -0.135. The highest BCUT2D eigenvalue weighted by molar-refractivity contribution is 6.01. The van der Waals surface area contributed by atoms with Crippen molar-refractivity contribution in [2.75, 3.05) is 24.5 Å². The topological polar surface area (TPSA) is 40.6 Å². The third-order valence-corrected chi connectivity index (χ3v) is 6.37. The summed E-state index contributed by atoms with van der Waals surface area (Å²) in [5, 5.41) is 0. The molecule has 1 heterocycles. The number of carbonyl (C=O) groups excluding carboxylic acids is 2. The van der Waals surface area contributed by atoms with Crippen LogP contribution in [0.5, 0.6) is 0 Å². The van der Waals surface area contributed by atoms with Crippen LogP contribution in [0.15, 0.2) is 60.7 Å². The van der Waals surface area contributed by atoms with Crippen molar-refractivity contribution in [3.63, 3.8) is 0 Å². The minimum Gasteiger partial charge on any atom is -0.342 e. The fraction of sp³-hybridized carbons (Fsp3) is 0.440. The summed E-state index contributed by atoms with van der Waals surface area (Å²) < 4.78 is 0. The summed E-state index contributed by atoms with van der Waals surface area (Å²) >= 11 is 0. The predicted octanol–water partition coefficient (Wildman–Crippen LogP) is 4.16. The normalized spacial score (nSPS) is 21.6. The van der Waals surface area contributed by atoms with E-state index in [1.807, 2.05) is 47.1 Å². The van der Waals surface area contributed by atoms with Crippen LogP contribution in [0.4, 0.5) is 5.69 Å². The standard InChI is InChI=1S/C25H30N2O2/c1-2-27(21-11-7-4-8-12-21)25(29)23-18-22(23)24(28)26-15-13-20(14-16-26)17-19-9-5-3-6-10-19/h3-12,20,22-23H,2,13-18H2,1H3. The quantitative estimate of drug-likeness (QED) is 0.743. The first-order valence-corrected chi connectivity index (χ1v) is 10.9. The molecule has 0 bridgehead atoms. The largest absolute Gasteiger partial charge is 0.342 e. The highest BCUT2D eigenvalue weighted by Crippen LogP contribution is 2.42. The van der Waals surface area contributed by atoms with Crippen molar-refractivity contribution in [3.8, 4) is 0 Å². The van der Waals surface area contributed by atoms with Crippen LogP contribution in [0.1, 0.15) is 31.7 Å². The van der Waals surface area contributed by atoms with Gasteiger partial charge in [-0.1, -0.05) is 48.5 Å². The molecular weight excluding hydrogens is 360 g/mol. The van der Waals surface area contributed by atoms with E-state index in [1.54, 1.807) is 0 Å². The van der Waals surface area contributed by atoms with Crippen LogP contribution in [0.2, 0.25) is 0 Å². The summed E-state index contributed by atoms with van der Waals surface area (Å²) in [6, 6.07) is 20.4. The van der Waals surface area contributed by atoms with E-state index in [9.17, 15) is 9.59 Å². The Hall–Kier alpha value is -2.62. The number of carbonyl (C=O) groups is 2. The fourth-order valence-corrected chi connectivity index (χ4v) is 4.55. The molecule has 1 saturated heterocycles. The Labute approximate surface area is 173 Å². The summed E-state index contributed by atoms with van der Waals surface area (Å²) in [4.78, 5) is 29.7. The second-order valence-electron chi connectivity index (χ2n) is 8.33. The highest BCUT2D eigenvalue weighted by Gasteiger charge is 2.51. The van der Waals surface area contributed by atoms with Gasteiger partial charge in [-0.15, -0.1) is 0 Å². The van der Waals surface area contributed by atoms with E-state index >= 15 is 0 Å². The molecule has 29 heavy (non-hydrogen) atoms. The van der Waals surface area contributed by atoms with Crippen molar-refractivity contribution in [2.24, 2.45) is 17.8 Å². The van der Waals surface area contributed by atoms with Crippen molar-refractivity contribution >= 4 is 17.5 Å². The third kappa shape index (κ3) is 4.52. The van der Waals surface area contributed by atoms with Crippen LogP contribution in [-0.2, 0) is 16.0 Å². The molecule has 2 aliphatic rings. The number of likely N-dealkylation sites (tertiary alicyclic amines) is 1. The SMILES string of the molecule is CCN(C(=O)C1CC1C(=O)N1CCC(Cc2ccccc2)CC1)c1ccccc1. The van der Waals surface area contributed by atoms with Crippen molar-refractivity contribution in [3.05, 3.63) is 66.2 Å². The van der Waals surface area contributed by atoms with Crippen molar-refractivity contribution in [1.82, 2.24) is 4.90 Å². The molecule has 1 aliphatic carbocycles. The average Bonchev–Trinajstić information content (AvgIpc) is 3.57. The van der Waals surface area contributed by atoms with Gasteiger partial charge in [0.1, 0.15) is 0 Å². The van der Waals surface area contributed by atoms with E-state index in [2.05, 4.69) is 30.3 Å². The van der Waals surface area contributed by atoms with Gasteiger partial charge in [-0.3, -0.25) is 9.59 Å². The van der Waals surface area contributed by atoms with Gasteiger partial charge in [0, 0.05) is 25.3 Å². The molecule has 1 aliphatic heterocycles. The van der Waals surface area contributed by atoms with Gasteiger partial charge in [0.05, 0.1) is 11.8 Å². The number of hydrogen-bond donors (Lipinski definition) is 0. The number of piperidine rings is 1. The van der Waals surface area contributed by atoms with Crippen molar-refractivity contribution in [1.29, 1.82) is 0 Å². The van der Waals surface area contributed by atoms with Crippen molar-refractivity contribution in [2.45, 2.75) is 32.6 Å². The zero-order valence-corrected chi connectivity index (χ0v) is 17.2. The zero-order chi connectivity index (χ0) is 20.2. The third-order valence-electron chi connectivity index (χ3n) is 6.37. The molecule has 2 unspecified atom stereocenters. The summed E-state index contributed by atoms with van der Waals surface area (Å²) in [5.41, 5.74) is 2.30. The average molecular weight is 391 g/mol. The molecule has 2 aromatic carbocycles. The first kappa shape index (κ1) is 19.7. The Morgan fingerprint density at radius 1 is 0.931 bits per heavy atom. The minimum atomic E-state index is -0.148. The molecule has 4 nitrogen and oxygen atoms in total. The second kappa shape index (κ2) is 8.81. The number of para-hydroxylation sites is 1. The predicted molar refractivity (Wildman–Crippen MR) is 116 cm³/mol. The summed E-state index contributed by atoms with van der Waals surface area (Å²) in [6.07, 6.45) is 3.90. The molecule has 2 amide bonds. The monoisotopic (exact) mass is 390 g/mol. The van der Waals surface area contributed by atoms with Gasteiger partial charge in [-0.25, -0.2) is 0 Å². The molecule has 2 fully saturated rings. The Morgan fingerprint density at radius 2 is 1.55 bits per heavy atom. The maximum Gasteiger partial charge on any atom is 0.230 e. The molecule has 0 spiro atoms. The maximum atomic E-state index is 12.9. The highest BCUT2D eigenvalue weighted by atomic mass is 16.2. The van der Waals surface area contributed by atoms with Crippen LogP contribution < -0.4 is 4.90 Å². The van der Waals surface area contributed by atoms with Gasteiger partial charge in [-0.2, -0.15) is 0 Å². The minimum absolute atomic E-state index is 0.0935. The zero-order valence-electron chi connectivity index (χ0n) is 17.2. The Balaban J connectivity index is 1.28. The molecule has 2 atom stereocenters. The van der Waals surface area contributed by atoms with E-state index < -0.39 is 0 Å². The van der Waals surface area contributed by atoms with Crippen LogP contribution >= 0.6 is 0 Å². The van der Waals surface area contributed by atoms with Gasteiger partial charge in [0.2, 0.25) is 11.8 Å². The number of rotatable bonds is 6. The Kier molecular flexibility index (Phi) is 5.98.